The van der Waals surface area contributed by atoms with E-state index in [9.17, 15) is 0 Å². The summed E-state index contributed by atoms with van der Waals surface area (Å²) >= 11 is 11.9. The fourth-order valence-corrected chi connectivity index (χ4v) is 2.33. The van der Waals surface area contributed by atoms with Crippen molar-refractivity contribution in [1.82, 2.24) is 0 Å². The SMILES string of the molecule is CCC1(c2cc(Cl)cc(Cl)c2)OCCO1. The first-order valence-corrected chi connectivity index (χ1v) is 5.66. The van der Waals surface area contributed by atoms with Crippen molar-refractivity contribution in [1.29, 1.82) is 0 Å². The lowest BCUT2D eigenvalue weighted by atomic mass is 10.0. The van der Waals surface area contributed by atoms with Crippen LogP contribution in [0.25, 0.3) is 0 Å². The maximum Gasteiger partial charge on any atom is 0.194 e. The lowest BCUT2D eigenvalue weighted by Crippen LogP contribution is -2.25. The van der Waals surface area contributed by atoms with E-state index in [4.69, 9.17) is 32.7 Å². The van der Waals surface area contributed by atoms with Crippen molar-refractivity contribution >= 4 is 23.2 Å². The minimum absolute atomic E-state index is 0.601. The number of halogens is 2. The normalized spacial score (nSPS) is 19.4. The third-order valence-corrected chi connectivity index (χ3v) is 2.96. The molecule has 0 aliphatic carbocycles. The average Bonchev–Trinajstić information content (AvgIpc) is 2.65. The molecule has 1 fully saturated rings. The van der Waals surface area contributed by atoms with Gasteiger partial charge in [-0.05, 0) is 18.2 Å². The van der Waals surface area contributed by atoms with Gasteiger partial charge in [-0.2, -0.15) is 0 Å². The van der Waals surface area contributed by atoms with Gasteiger partial charge in [-0.3, -0.25) is 0 Å². The summed E-state index contributed by atoms with van der Waals surface area (Å²) in [5.74, 6) is -0.658. The van der Waals surface area contributed by atoms with Crippen LogP contribution in [0.4, 0.5) is 0 Å². The molecule has 1 aliphatic rings. The Bertz CT molecular complexity index is 339. The molecule has 1 saturated heterocycles. The molecule has 0 aromatic heterocycles. The summed E-state index contributed by atoms with van der Waals surface area (Å²) in [6, 6.07) is 5.37. The highest BCUT2D eigenvalue weighted by atomic mass is 35.5. The van der Waals surface area contributed by atoms with Crippen molar-refractivity contribution < 1.29 is 9.47 Å². The van der Waals surface area contributed by atoms with E-state index in [2.05, 4.69) is 0 Å². The maximum atomic E-state index is 5.95. The van der Waals surface area contributed by atoms with Gasteiger partial charge < -0.3 is 9.47 Å². The van der Waals surface area contributed by atoms with Crippen molar-refractivity contribution in [2.75, 3.05) is 13.2 Å². The zero-order valence-electron chi connectivity index (χ0n) is 8.43. The molecule has 0 spiro atoms. The van der Waals surface area contributed by atoms with Gasteiger partial charge in [-0.25, -0.2) is 0 Å². The van der Waals surface area contributed by atoms with Gasteiger partial charge in [-0.1, -0.05) is 30.1 Å². The summed E-state index contributed by atoms with van der Waals surface area (Å²) in [6.07, 6.45) is 0.740. The van der Waals surface area contributed by atoms with Crippen LogP contribution in [0.2, 0.25) is 10.0 Å². The summed E-state index contributed by atoms with van der Waals surface area (Å²) in [4.78, 5) is 0. The van der Waals surface area contributed by atoms with Crippen LogP contribution in [-0.2, 0) is 15.3 Å². The monoisotopic (exact) mass is 246 g/mol. The molecule has 1 aromatic carbocycles. The summed E-state index contributed by atoms with van der Waals surface area (Å²) in [5, 5.41) is 1.20. The lowest BCUT2D eigenvalue weighted by molar-refractivity contribution is -0.167. The molecule has 2 rings (SSSR count). The second kappa shape index (κ2) is 4.30. The Morgan fingerprint density at radius 3 is 2.13 bits per heavy atom. The van der Waals surface area contributed by atoms with Gasteiger partial charge in [0.1, 0.15) is 0 Å². The number of ether oxygens (including phenoxy) is 2. The fraction of sp³-hybridized carbons (Fsp3) is 0.455. The molecule has 1 aromatic rings. The van der Waals surface area contributed by atoms with Crippen molar-refractivity contribution in [3.63, 3.8) is 0 Å². The highest BCUT2D eigenvalue weighted by molar-refractivity contribution is 6.34. The molecular formula is C11H12Cl2O2. The van der Waals surface area contributed by atoms with Crippen LogP contribution in [0.1, 0.15) is 18.9 Å². The van der Waals surface area contributed by atoms with Crippen LogP contribution in [0.5, 0.6) is 0 Å². The molecule has 0 atom stereocenters. The van der Waals surface area contributed by atoms with E-state index >= 15 is 0 Å². The first-order valence-electron chi connectivity index (χ1n) is 4.91. The predicted octanol–water partition coefficient (Wildman–Crippen LogP) is 3.60. The van der Waals surface area contributed by atoms with E-state index < -0.39 is 5.79 Å². The number of rotatable bonds is 2. The fourth-order valence-electron chi connectivity index (χ4n) is 1.80. The van der Waals surface area contributed by atoms with E-state index in [-0.39, 0.29) is 0 Å². The Morgan fingerprint density at radius 1 is 1.13 bits per heavy atom. The van der Waals surface area contributed by atoms with Gasteiger partial charge >= 0.3 is 0 Å². The maximum absolute atomic E-state index is 5.95. The smallest absolute Gasteiger partial charge is 0.194 e. The molecule has 1 heterocycles. The largest absolute Gasteiger partial charge is 0.343 e. The first-order chi connectivity index (χ1) is 7.16. The van der Waals surface area contributed by atoms with E-state index in [0.717, 1.165) is 12.0 Å². The average molecular weight is 247 g/mol. The molecule has 1 aliphatic heterocycles. The van der Waals surface area contributed by atoms with Crippen molar-refractivity contribution in [2.45, 2.75) is 19.1 Å². The zero-order valence-corrected chi connectivity index (χ0v) is 9.94. The van der Waals surface area contributed by atoms with Crippen LogP contribution in [0.15, 0.2) is 18.2 Å². The van der Waals surface area contributed by atoms with Crippen LogP contribution in [-0.4, -0.2) is 13.2 Å². The van der Waals surface area contributed by atoms with E-state index in [1.54, 1.807) is 6.07 Å². The first kappa shape index (κ1) is 11.2. The molecular weight excluding hydrogens is 235 g/mol. The Hall–Kier alpha value is -0.280. The second-order valence-electron chi connectivity index (χ2n) is 3.46. The Morgan fingerprint density at radius 2 is 1.67 bits per heavy atom. The van der Waals surface area contributed by atoms with Gasteiger partial charge in [0, 0.05) is 22.0 Å². The van der Waals surface area contributed by atoms with E-state index in [0.29, 0.717) is 23.3 Å². The molecule has 0 radical (unpaired) electrons. The van der Waals surface area contributed by atoms with E-state index in [1.165, 1.54) is 0 Å². The second-order valence-corrected chi connectivity index (χ2v) is 4.33. The third kappa shape index (κ3) is 2.13. The van der Waals surface area contributed by atoms with Crippen LogP contribution in [0, 0.1) is 0 Å². The van der Waals surface area contributed by atoms with Gasteiger partial charge in [0.2, 0.25) is 0 Å². The van der Waals surface area contributed by atoms with Gasteiger partial charge in [0.25, 0.3) is 0 Å². The minimum atomic E-state index is -0.658. The van der Waals surface area contributed by atoms with Gasteiger partial charge in [0.15, 0.2) is 5.79 Å². The zero-order chi connectivity index (χ0) is 10.9. The summed E-state index contributed by atoms with van der Waals surface area (Å²) in [5.41, 5.74) is 0.889. The Kier molecular flexibility index (Phi) is 3.21. The van der Waals surface area contributed by atoms with Gasteiger partial charge in [-0.15, -0.1) is 0 Å². The van der Waals surface area contributed by atoms with Crippen LogP contribution < -0.4 is 0 Å². The highest BCUT2D eigenvalue weighted by Gasteiger charge is 2.37. The molecule has 0 N–H and O–H groups in total. The molecule has 2 nitrogen and oxygen atoms in total. The standard InChI is InChI=1S/C11H12Cl2O2/c1-2-11(14-3-4-15-11)8-5-9(12)7-10(13)6-8/h5-7H,2-4H2,1H3. The Balaban J connectivity index is 2.42. The molecule has 15 heavy (non-hydrogen) atoms. The molecule has 4 heteroatoms. The van der Waals surface area contributed by atoms with E-state index in [1.807, 2.05) is 19.1 Å². The van der Waals surface area contributed by atoms with Crippen LogP contribution >= 0.6 is 23.2 Å². The molecule has 0 unspecified atom stereocenters. The molecule has 82 valence electrons. The lowest BCUT2D eigenvalue weighted by Gasteiger charge is -2.26. The Labute approximate surface area is 99.1 Å². The molecule has 0 saturated carbocycles. The van der Waals surface area contributed by atoms with Crippen molar-refractivity contribution in [2.24, 2.45) is 0 Å². The van der Waals surface area contributed by atoms with Gasteiger partial charge in [0.05, 0.1) is 13.2 Å². The number of hydrogen-bond acceptors (Lipinski definition) is 2. The summed E-state index contributed by atoms with van der Waals surface area (Å²) < 4.78 is 11.3. The van der Waals surface area contributed by atoms with Crippen molar-refractivity contribution in [3.05, 3.63) is 33.8 Å². The predicted molar refractivity (Wildman–Crippen MR) is 60.3 cm³/mol. The number of benzene rings is 1. The summed E-state index contributed by atoms with van der Waals surface area (Å²) in [7, 11) is 0. The summed E-state index contributed by atoms with van der Waals surface area (Å²) in [6.45, 7) is 3.23. The van der Waals surface area contributed by atoms with Crippen molar-refractivity contribution in [3.8, 4) is 0 Å². The minimum Gasteiger partial charge on any atom is -0.343 e. The highest BCUT2D eigenvalue weighted by Crippen LogP contribution is 2.37. The molecule has 0 bridgehead atoms. The number of hydrogen-bond donors (Lipinski definition) is 0. The topological polar surface area (TPSA) is 18.5 Å². The van der Waals surface area contributed by atoms with Crippen LogP contribution in [0.3, 0.4) is 0 Å². The quantitative estimate of drug-likeness (QED) is 0.794. The molecule has 0 amide bonds. The third-order valence-electron chi connectivity index (χ3n) is 2.52.